The van der Waals surface area contributed by atoms with E-state index in [2.05, 4.69) is 11.4 Å². The molecule has 0 aromatic heterocycles. The number of rotatable bonds is 0. The van der Waals surface area contributed by atoms with Gasteiger partial charge in [-0.3, -0.25) is 4.79 Å². The normalized spacial score (nSPS) is 23.0. The van der Waals surface area contributed by atoms with Gasteiger partial charge in [-0.15, -0.1) is 0 Å². The van der Waals surface area contributed by atoms with E-state index >= 15 is 0 Å². The highest BCUT2D eigenvalue weighted by Crippen LogP contribution is 2.24. The van der Waals surface area contributed by atoms with Crippen LogP contribution in [0.2, 0.25) is 0 Å². The van der Waals surface area contributed by atoms with E-state index in [0.717, 1.165) is 18.5 Å². The van der Waals surface area contributed by atoms with Crippen LogP contribution in [0.25, 0.3) is 0 Å². The molecule has 0 aromatic carbocycles. The summed E-state index contributed by atoms with van der Waals surface area (Å²) in [5.41, 5.74) is 2.44. The van der Waals surface area contributed by atoms with Gasteiger partial charge in [-0.2, -0.15) is 0 Å². The third-order valence-electron chi connectivity index (χ3n) is 1.96. The Morgan fingerprint density at radius 1 is 1.40 bits per heavy atom. The minimum absolute atomic E-state index is 0.158. The minimum Gasteiger partial charge on any atom is -0.326 e. The molecule has 1 aliphatic carbocycles. The number of hydrogen-bond donors (Lipinski definition) is 1. The molecule has 1 aliphatic heterocycles. The van der Waals surface area contributed by atoms with Crippen LogP contribution in [0, 0.1) is 0 Å². The Kier molecular flexibility index (Phi) is 1.13. The zero-order valence-electron chi connectivity index (χ0n) is 5.68. The number of nitrogens with one attached hydrogen (secondary N) is 1. The van der Waals surface area contributed by atoms with Crippen LogP contribution in [0.4, 0.5) is 0 Å². The zero-order valence-corrected chi connectivity index (χ0v) is 5.68. The van der Waals surface area contributed by atoms with Crippen molar-refractivity contribution in [2.45, 2.75) is 19.3 Å². The quantitative estimate of drug-likeness (QED) is 0.529. The van der Waals surface area contributed by atoms with Crippen LogP contribution in [0.1, 0.15) is 19.3 Å². The lowest BCUT2D eigenvalue weighted by molar-refractivity contribution is -0.120. The van der Waals surface area contributed by atoms with Crippen molar-refractivity contribution < 1.29 is 4.79 Å². The molecule has 0 bridgehead atoms. The summed E-state index contributed by atoms with van der Waals surface area (Å²) in [6, 6.07) is 0. The standard InChI is InChI=1S/C8H9NO/c10-8-5-4-6-2-1-3-7(6)9-8/h1,3H,2,4-5H2,(H,9,10). The second-order valence-electron chi connectivity index (χ2n) is 2.67. The molecule has 1 amide bonds. The fourth-order valence-electron chi connectivity index (χ4n) is 1.39. The second-order valence-corrected chi connectivity index (χ2v) is 2.67. The summed E-state index contributed by atoms with van der Waals surface area (Å²) < 4.78 is 0. The van der Waals surface area contributed by atoms with Gasteiger partial charge < -0.3 is 5.32 Å². The van der Waals surface area contributed by atoms with E-state index in [1.54, 1.807) is 0 Å². The number of allylic oxidation sites excluding steroid dienone is 3. The Labute approximate surface area is 59.6 Å². The van der Waals surface area contributed by atoms with E-state index in [4.69, 9.17) is 0 Å². The van der Waals surface area contributed by atoms with Gasteiger partial charge in [-0.25, -0.2) is 0 Å². The lowest BCUT2D eigenvalue weighted by Gasteiger charge is -2.13. The van der Waals surface area contributed by atoms with Crippen molar-refractivity contribution in [3.63, 3.8) is 0 Å². The van der Waals surface area contributed by atoms with Gasteiger partial charge in [0.15, 0.2) is 0 Å². The van der Waals surface area contributed by atoms with Gasteiger partial charge in [-0.05, 0) is 24.5 Å². The molecular weight excluding hydrogens is 126 g/mol. The monoisotopic (exact) mass is 135 g/mol. The van der Waals surface area contributed by atoms with Gasteiger partial charge >= 0.3 is 0 Å². The number of hydrogen-bond acceptors (Lipinski definition) is 1. The highest BCUT2D eigenvalue weighted by atomic mass is 16.1. The van der Waals surface area contributed by atoms with E-state index in [0.29, 0.717) is 6.42 Å². The van der Waals surface area contributed by atoms with E-state index < -0.39 is 0 Å². The molecule has 52 valence electrons. The zero-order chi connectivity index (χ0) is 6.97. The lowest BCUT2D eigenvalue weighted by atomic mass is 10.1. The Morgan fingerprint density at radius 3 is 3.20 bits per heavy atom. The third-order valence-corrected chi connectivity index (χ3v) is 1.96. The highest BCUT2D eigenvalue weighted by molar-refractivity contribution is 5.80. The molecule has 0 unspecified atom stereocenters. The Hall–Kier alpha value is -1.05. The molecule has 0 fully saturated rings. The largest absolute Gasteiger partial charge is 0.326 e. The first-order valence-electron chi connectivity index (χ1n) is 3.55. The summed E-state index contributed by atoms with van der Waals surface area (Å²) in [6.07, 6.45) is 6.74. The maximum atomic E-state index is 10.8. The fraction of sp³-hybridized carbons (Fsp3) is 0.375. The number of amides is 1. The molecule has 10 heavy (non-hydrogen) atoms. The van der Waals surface area contributed by atoms with Crippen molar-refractivity contribution in [3.05, 3.63) is 23.4 Å². The molecule has 0 atom stereocenters. The lowest BCUT2D eigenvalue weighted by Crippen LogP contribution is -2.25. The molecule has 1 N–H and O–H groups in total. The average Bonchev–Trinajstić information content (AvgIpc) is 2.33. The van der Waals surface area contributed by atoms with E-state index in [-0.39, 0.29) is 5.91 Å². The predicted molar refractivity (Wildman–Crippen MR) is 38.2 cm³/mol. The van der Waals surface area contributed by atoms with Gasteiger partial charge in [0.05, 0.1) is 0 Å². The van der Waals surface area contributed by atoms with Crippen molar-refractivity contribution in [2.75, 3.05) is 0 Å². The highest BCUT2D eigenvalue weighted by Gasteiger charge is 2.17. The summed E-state index contributed by atoms with van der Waals surface area (Å²) >= 11 is 0. The number of carbonyl (C=O) groups is 1. The fourth-order valence-corrected chi connectivity index (χ4v) is 1.39. The van der Waals surface area contributed by atoms with Crippen molar-refractivity contribution in [2.24, 2.45) is 0 Å². The Balaban J connectivity index is 2.27. The van der Waals surface area contributed by atoms with Gasteiger partial charge in [0, 0.05) is 12.1 Å². The van der Waals surface area contributed by atoms with Crippen LogP contribution < -0.4 is 5.32 Å². The summed E-state index contributed by atoms with van der Waals surface area (Å²) in [5, 5.41) is 2.83. The maximum Gasteiger partial charge on any atom is 0.224 e. The second kappa shape index (κ2) is 1.97. The minimum atomic E-state index is 0.158. The molecule has 0 saturated carbocycles. The number of carbonyl (C=O) groups excluding carboxylic acids is 1. The van der Waals surface area contributed by atoms with Crippen LogP contribution in [-0.2, 0) is 4.79 Å². The van der Waals surface area contributed by atoms with Crippen molar-refractivity contribution >= 4 is 5.91 Å². The van der Waals surface area contributed by atoms with Gasteiger partial charge in [0.1, 0.15) is 0 Å². The first-order chi connectivity index (χ1) is 4.86. The van der Waals surface area contributed by atoms with Crippen LogP contribution in [0.3, 0.4) is 0 Å². The molecule has 2 aliphatic rings. The molecule has 0 spiro atoms. The van der Waals surface area contributed by atoms with E-state index in [9.17, 15) is 4.79 Å². The van der Waals surface area contributed by atoms with Crippen LogP contribution >= 0.6 is 0 Å². The van der Waals surface area contributed by atoms with Crippen molar-refractivity contribution in [1.29, 1.82) is 0 Å². The maximum absolute atomic E-state index is 10.8. The summed E-state index contributed by atoms with van der Waals surface area (Å²) in [7, 11) is 0. The topological polar surface area (TPSA) is 29.1 Å². The van der Waals surface area contributed by atoms with Gasteiger partial charge in [-0.1, -0.05) is 6.08 Å². The SMILES string of the molecule is O=C1CCC2=C(C=CC2)N1. The van der Waals surface area contributed by atoms with Gasteiger partial charge in [0.25, 0.3) is 0 Å². The van der Waals surface area contributed by atoms with Crippen molar-refractivity contribution in [1.82, 2.24) is 5.32 Å². The van der Waals surface area contributed by atoms with Crippen LogP contribution in [-0.4, -0.2) is 5.91 Å². The molecule has 2 rings (SSSR count). The van der Waals surface area contributed by atoms with Crippen molar-refractivity contribution in [3.8, 4) is 0 Å². The third kappa shape index (κ3) is 0.764. The Bertz CT molecular complexity index is 238. The predicted octanol–water partition coefficient (Wildman–Crippen LogP) is 1.11. The molecule has 2 heteroatoms. The Morgan fingerprint density at radius 2 is 2.30 bits per heavy atom. The molecule has 2 nitrogen and oxygen atoms in total. The van der Waals surface area contributed by atoms with Gasteiger partial charge in [0.2, 0.25) is 5.91 Å². The summed E-state index contributed by atoms with van der Waals surface area (Å²) in [5.74, 6) is 0.158. The molecular formula is C8H9NO. The smallest absolute Gasteiger partial charge is 0.224 e. The first kappa shape index (κ1) is 5.71. The molecule has 0 saturated heterocycles. The summed E-state index contributed by atoms with van der Waals surface area (Å²) in [4.78, 5) is 10.8. The molecule has 0 radical (unpaired) electrons. The first-order valence-corrected chi connectivity index (χ1v) is 3.55. The molecule has 1 heterocycles. The van der Waals surface area contributed by atoms with E-state index in [1.165, 1.54) is 5.57 Å². The summed E-state index contributed by atoms with van der Waals surface area (Å²) in [6.45, 7) is 0. The van der Waals surface area contributed by atoms with E-state index in [1.807, 2.05) is 6.08 Å². The molecule has 0 aromatic rings. The van der Waals surface area contributed by atoms with Crippen LogP contribution in [0.5, 0.6) is 0 Å². The average molecular weight is 135 g/mol. The van der Waals surface area contributed by atoms with Crippen LogP contribution in [0.15, 0.2) is 23.4 Å².